The molecule has 11 heteroatoms. The molecule has 0 aliphatic heterocycles. The van der Waals surface area contributed by atoms with Crippen LogP contribution in [0, 0.1) is 5.82 Å². The Morgan fingerprint density at radius 3 is 2.24 bits per heavy atom. The first-order valence-corrected chi connectivity index (χ1v) is 11.3. The smallest absolute Gasteiger partial charge is 0.416 e. The molecule has 1 amide bonds. The first kappa shape index (κ1) is 25.8. The zero-order valence-electron chi connectivity index (χ0n) is 19.6. The van der Waals surface area contributed by atoms with Crippen LogP contribution in [0.25, 0.3) is 17.1 Å². The summed E-state index contributed by atoms with van der Waals surface area (Å²) in [6.45, 7) is 2.88. The maximum absolute atomic E-state index is 13.1. The molecule has 0 aliphatic carbocycles. The molecule has 3 aromatic carbocycles. The molecule has 0 aliphatic rings. The van der Waals surface area contributed by atoms with E-state index in [9.17, 15) is 22.4 Å². The molecule has 1 N–H and O–H groups in total. The predicted octanol–water partition coefficient (Wildman–Crippen LogP) is 5.76. The molecular formula is C26H22F4N4O3. The Hall–Kier alpha value is -4.25. The van der Waals surface area contributed by atoms with Crippen LogP contribution in [0.15, 0.2) is 72.8 Å². The molecule has 0 radical (unpaired) electrons. The summed E-state index contributed by atoms with van der Waals surface area (Å²) in [5, 5.41) is 7.07. The number of ether oxygens (including phenoxy) is 2. The van der Waals surface area contributed by atoms with E-state index in [0.29, 0.717) is 35.7 Å². The summed E-state index contributed by atoms with van der Waals surface area (Å²) in [4.78, 5) is 16.8. The number of benzene rings is 3. The van der Waals surface area contributed by atoms with Gasteiger partial charge in [-0.3, -0.25) is 4.79 Å². The van der Waals surface area contributed by atoms with Crippen molar-refractivity contribution in [3.63, 3.8) is 0 Å². The van der Waals surface area contributed by atoms with Gasteiger partial charge < -0.3 is 14.8 Å². The van der Waals surface area contributed by atoms with Crippen molar-refractivity contribution in [2.24, 2.45) is 0 Å². The van der Waals surface area contributed by atoms with E-state index in [0.717, 1.165) is 12.1 Å². The lowest BCUT2D eigenvalue weighted by Gasteiger charge is -2.10. The lowest BCUT2D eigenvalue weighted by Crippen LogP contribution is -2.12. The minimum absolute atomic E-state index is 0.0308. The van der Waals surface area contributed by atoms with Gasteiger partial charge in [0.1, 0.15) is 12.4 Å². The molecule has 1 aromatic heterocycles. The fourth-order valence-electron chi connectivity index (χ4n) is 3.36. The number of alkyl halides is 3. The molecule has 7 nitrogen and oxygen atoms in total. The van der Waals surface area contributed by atoms with Gasteiger partial charge in [0.15, 0.2) is 5.82 Å². The molecule has 0 spiro atoms. The van der Waals surface area contributed by atoms with E-state index in [2.05, 4.69) is 15.4 Å². The van der Waals surface area contributed by atoms with Crippen LogP contribution in [0.2, 0.25) is 0 Å². The Bertz CT molecular complexity index is 1340. The molecule has 0 bridgehead atoms. The topological polar surface area (TPSA) is 78.3 Å². The molecule has 1 heterocycles. The average Bonchev–Trinajstić information content (AvgIpc) is 3.31. The van der Waals surface area contributed by atoms with Crippen LogP contribution in [0.5, 0.6) is 6.01 Å². The summed E-state index contributed by atoms with van der Waals surface area (Å²) in [6.07, 6.45) is -4.46. The van der Waals surface area contributed by atoms with Crippen LogP contribution in [-0.2, 0) is 10.9 Å². The van der Waals surface area contributed by atoms with Crippen molar-refractivity contribution < 1.29 is 31.8 Å². The summed E-state index contributed by atoms with van der Waals surface area (Å²) in [7, 11) is 0. The third-order valence-corrected chi connectivity index (χ3v) is 5.20. The summed E-state index contributed by atoms with van der Waals surface area (Å²) in [6, 6.07) is 16.3. The molecule has 192 valence electrons. The van der Waals surface area contributed by atoms with E-state index >= 15 is 0 Å². The second kappa shape index (κ2) is 11.2. The first-order valence-electron chi connectivity index (χ1n) is 11.3. The van der Waals surface area contributed by atoms with E-state index in [1.54, 1.807) is 24.3 Å². The lowest BCUT2D eigenvalue weighted by atomic mass is 10.1. The van der Waals surface area contributed by atoms with Crippen molar-refractivity contribution in [2.45, 2.75) is 13.1 Å². The molecule has 4 rings (SSSR count). The van der Waals surface area contributed by atoms with Crippen molar-refractivity contribution in [3.8, 4) is 23.1 Å². The van der Waals surface area contributed by atoms with E-state index < -0.39 is 23.5 Å². The summed E-state index contributed by atoms with van der Waals surface area (Å²) >= 11 is 0. The van der Waals surface area contributed by atoms with Crippen molar-refractivity contribution in [1.82, 2.24) is 14.8 Å². The van der Waals surface area contributed by atoms with Gasteiger partial charge in [0.2, 0.25) is 0 Å². The second-order valence-corrected chi connectivity index (χ2v) is 7.76. The number of halogens is 4. The molecule has 0 atom stereocenters. The van der Waals surface area contributed by atoms with Gasteiger partial charge in [-0.05, 0) is 67.6 Å². The van der Waals surface area contributed by atoms with Crippen LogP contribution in [0.4, 0.5) is 23.2 Å². The standard InChI is InChI=1S/C26H22F4N4O3/c1-2-36-15-16-37-25-32-23(17-3-7-19(8-4-17)26(28,29)30)34(33-25)22-13-11-21(12-14-22)31-24(35)18-5-9-20(27)10-6-18/h3-14H,2,15-16H2,1H3,(H,31,35). The first-order chi connectivity index (χ1) is 17.7. The highest BCUT2D eigenvalue weighted by Gasteiger charge is 2.30. The number of hydrogen-bond acceptors (Lipinski definition) is 5. The van der Waals surface area contributed by atoms with Gasteiger partial charge in [-0.15, -0.1) is 5.10 Å². The van der Waals surface area contributed by atoms with Crippen LogP contribution >= 0.6 is 0 Å². The minimum Gasteiger partial charge on any atom is -0.460 e. The number of nitrogens with zero attached hydrogens (tertiary/aromatic N) is 3. The third-order valence-electron chi connectivity index (χ3n) is 5.20. The van der Waals surface area contributed by atoms with E-state index in [-0.39, 0.29) is 18.4 Å². The number of nitrogens with one attached hydrogen (secondary N) is 1. The Morgan fingerprint density at radius 2 is 1.62 bits per heavy atom. The van der Waals surface area contributed by atoms with Gasteiger partial charge >= 0.3 is 12.2 Å². The number of carbonyl (C=O) groups excluding carboxylic acids is 1. The van der Waals surface area contributed by atoms with Crippen molar-refractivity contribution in [3.05, 3.63) is 89.7 Å². The summed E-state index contributed by atoms with van der Waals surface area (Å²) < 4.78 is 64.4. The van der Waals surface area contributed by atoms with Gasteiger partial charge in [-0.2, -0.15) is 18.2 Å². The zero-order chi connectivity index (χ0) is 26.4. The molecule has 37 heavy (non-hydrogen) atoms. The van der Waals surface area contributed by atoms with E-state index in [1.807, 2.05) is 6.92 Å². The lowest BCUT2D eigenvalue weighted by molar-refractivity contribution is -0.137. The molecule has 0 saturated heterocycles. The van der Waals surface area contributed by atoms with Crippen molar-refractivity contribution in [2.75, 3.05) is 25.1 Å². The quantitative estimate of drug-likeness (QED) is 0.227. The second-order valence-electron chi connectivity index (χ2n) is 7.76. The van der Waals surface area contributed by atoms with Crippen LogP contribution in [0.1, 0.15) is 22.8 Å². The van der Waals surface area contributed by atoms with Gasteiger partial charge in [0.05, 0.1) is 17.9 Å². The summed E-state index contributed by atoms with van der Waals surface area (Å²) in [5.41, 5.74) is 0.912. The van der Waals surface area contributed by atoms with Gasteiger partial charge in [-0.25, -0.2) is 9.07 Å². The van der Waals surface area contributed by atoms with Gasteiger partial charge in [-0.1, -0.05) is 12.1 Å². The fraction of sp³-hybridized carbons (Fsp3) is 0.192. The van der Waals surface area contributed by atoms with E-state index in [1.165, 1.54) is 41.1 Å². The number of rotatable bonds is 9. The monoisotopic (exact) mass is 514 g/mol. The average molecular weight is 514 g/mol. The predicted molar refractivity (Wildman–Crippen MR) is 128 cm³/mol. The van der Waals surface area contributed by atoms with Gasteiger partial charge in [0.25, 0.3) is 5.91 Å². The van der Waals surface area contributed by atoms with Crippen molar-refractivity contribution >= 4 is 11.6 Å². The number of anilines is 1. The molecule has 0 unspecified atom stereocenters. The highest BCUT2D eigenvalue weighted by atomic mass is 19.4. The minimum atomic E-state index is -4.46. The Labute approximate surface area is 209 Å². The van der Waals surface area contributed by atoms with Crippen molar-refractivity contribution in [1.29, 1.82) is 0 Å². The van der Waals surface area contributed by atoms with Crippen LogP contribution in [-0.4, -0.2) is 40.5 Å². The molecule has 4 aromatic rings. The Balaban J connectivity index is 1.59. The number of carbonyl (C=O) groups is 1. The zero-order valence-corrected chi connectivity index (χ0v) is 19.6. The number of hydrogen-bond donors (Lipinski definition) is 1. The maximum Gasteiger partial charge on any atom is 0.416 e. The Morgan fingerprint density at radius 1 is 0.946 bits per heavy atom. The van der Waals surface area contributed by atoms with Crippen LogP contribution in [0.3, 0.4) is 0 Å². The Kier molecular flexibility index (Phi) is 7.83. The number of aromatic nitrogens is 3. The maximum atomic E-state index is 13.1. The number of amides is 1. The summed E-state index contributed by atoms with van der Waals surface area (Å²) in [5.74, 6) is -0.592. The molecule has 0 fully saturated rings. The molecule has 0 saturated carbocycles. The highest BCUT2D eigenvalue weighted by Crippen LogP contribution is 2.31. The van der Waals surface area contributed by atoms with Crippen LogP contribution < -0.4 is 10.1 Å². The fourth-order valence-corrected chi connectivity index (χ4v) is 3.36. The molecular weight excluding hydrogens is 492 g/mol. The van der Waals surface area contributed by atoms with Gasteiger partial charge in [0, 0.05) is 23.4 Å². The third kappa shape index (κ3) is 6.50. The largest absolute Gasteiger partial charge is 0.460 e. The normalized spacial score (nSPS) is 11.4. The SMILES string of the molecule is CCOCCOc1nc(-c2ccc(C(F)(F)F)cc2)n(-c2ccc(NC(=O)c3ccc(F)cc3)cc2)n1. The van der Waals surface area contributed by atoms with E-state index in [4.69, 9.17) is 9.47 Å². The highest BCUT2D eigenvalue weighted by molar-refractivity contribution is 6.04.